The molecule has 0 spiro atoms. The lowest BCUT2D eigenvalue weighted by atomic mass is 9.94. The van der Waals surface area contributed by atoms with E-state index in [0.29, 0.717) is 0 Å². The van der Waals surface area contributed by atoms with Gasteiger partial charge in [0, 0.05) is 12.0 Å². The van der Waals surface area contributed by atoms with Gasteiger partial charge in [0.05, 0.1) is 12.2 Å². The Labute approximate surface area is 161 Å². The Morgan fingerprint density at radius 3 is 2.15 bits per heavy atom. The Hall–Kier alpha value is -0.943. The largest absolute Gasteiger partial charge is 0.413 e. The number of likely N-dealkylation sites (N-methyl/N-ethyl adjacent to an activating group) is 1. The first-order valence-corrected chi connectivity index (χ1v) is 12.7. The molecular formula is C22H37NO2Si. The predicted molar refractivity (Wildman–Crippen MR) is 114 cm³/mol. The van der Waals surface area contributed by atoms with Gasteiger partial charge in [0.15, 0.2) is 8.32 Å². The van der Waals surface area contributed by atoms with Crippen molar-refractivity contribution in [2.75, 3.05) is 14.1 Å². The fraction of sp³-hybridized carbons (Fsp3) is 0.636. The summed E-state index contributed by atoms with van der Waals surface area (Å²) in [5.74, 6) is 0.107. The molecule has 0 radical (unpaired) electrons. The summed E-state index contributed by atoms with van der Waals surface area (Å²) in [6, 6.07) is 14.1. The summed E-state index contributed by atoms with van der Waals surface area (Å²) in [6.07, 6.45) is 2.63. The number of rotatable bonds is 7. The van der Waals surface area contributed by atoms with Gasteiger partial charge in [-0.3, -0.25) is 0 Å². The van der Waals surface area contributed by atoms with E-state index < -0.39 is 14.4 Å². The molecule has 26 heavy (non-hydrogen) atoms. The monoisotopic (exact) mass is 375 g/mol. The lowest BCUT2D eigenvalue weighted by Crippen LogP contribution is -2.45. The molecule has 1 aliphatic carbocycles. The molecule has 4 atom stereocenters. The minimum atomic E-state index is -1.72. The molecule has 1 aromatic rings. The second-order valence-electron chi connectivity index (χ2n) is 7.95. The summed E-state index contributed by atoms with van der Waals surface area (Å²) < 4.78 is 6.87. The SMILES string of the molecule is CC[Si](CC)(CC)O[C@@H]1C[C@H](N(C)C)C(c2ccccc2)=C[C@H](O)[C@H]1C. The second kappa shape index (κ2) is 9.31. The van der Waals surface area contributed by atoms with Crippen LogP contribution in [-0.2, 0) is 4.43 Å². The summed E-state index contributed by atoms with van der Waals surface area (Å²) >= 11 is 0. The molecule has 0 unspecified atom stereocenters. The summed E-state index contributed by atoms with van der Waals surface area (Å²) in [6.45, 7) is 8.96. The molecule has 4 heteroatoms. The molecule has 0 saturated heterocycles. The van der Waals surface area contributed by atoms with Gasteiger partial charge in [0.2, 0.25) is 0 Å². The lowest BCUT2D eigenvalue weighted by molar-refractivity contribution is 0.0450. The first-order valence-electron chi connectivity index (χ1n) is 10.2. The molecule has 3 nitrogen and oxygen atoms in total. The van der Waals surface area contributed by atoms with Crippen LogP contribution < -0.4 is 0 Å². The number of nitrogens with zero attached hydrogens (tertiary/aromatic N) is 1. The maximum Gasteiger partial charge on any atom is 0.192 e. The van der Waals surface area contributed by atoms with Crippen molar-refractivity contribution in [1.29, 1.82) is 0 Å². The summed E-state index contributed by atoms with van der Waals surface area (Å²) in [5, 5.41) is 10.9. The quantitative estimate of drug-likeness (QED) is 0.695. The smallest absolute Gasteiger partial charge is 0.192 e. The summed E-state index contributed by atoms with van der Waals surface area (Å²) in [7, 11) is 2.54. The Bertz CT molecular complexity index is 575. The highest BCUT2D eigenvalue weighted by Crippen LogP contribution is 2.36. The number of aliphatic hydroxyl groups is 1. The molecule has 146 valence electrons. The fourth-order valence-corrected chi connectivity index (χ4v) is 7.07. The van der Waals surface area contributed by atoms with Crippen LogP contribution >= 0.6 is 0 Å². The minimum Gasteiger partial charge on any atom is -0.413 e. The van der Waals surface area contributed by atoms with E-state index in [-0.39, 0.29) is 18.1 Å². The number of hydrogen-bond donors (Lipinski definition) is 1. The van der Waals surface area contributed by atoms with E-state index in [0.717, 1.165) is 24.6 Å². The molecule has 0 fully saturated rings. The van der Waals surface area contributed by atoms with Crippen molar-refractivity contribution in [1.82, 2.24) is 4.90 Å². The highest BCUT2D eigenvalue weighted by molar-refractivity contribution is 6.73. The lowest BCUT2D eigenvalue weighted by Gasteiger charge is -2.38. The molecule has 0 amide bonds. The van der Waals surface area contributed by atoms with Crippen LogP contribution in [-0.4, -0.2) is 50.7 Å². The zero-order chi connectivity index (χ0) is 19.3. The Kier molecular flexibility index (Phi) is 7.65. The van der Waals surface area contributed by atoms with Crippen molar-refractivity contribution >= 4 is 13.9 Å². The average Bonchev–Trinajstić information content (AvgIpc) is 2.78. The van der Waals surface area contributed by atoms with Gasteiger partial charge in [0.25, 0.3) is 0 Å². The first-order chi connectivity index (χ1) is 12.4. The molecular weight excluding hydrogens is 338 g/mol. The topological polar surface area (TPSA) is 32.7 Å². The van der Waals surface area contributed by atoms with E-state index in [1.165, 1.54) is 11.1 Å². The maximum absolute atomic E-state index is 10.9. The third kappa shape index (κ3) is 4.66. The Morgan fingerprint density at radius 2 is 1.65 bits per heavy atom. The molecule has 0 aromatic heterocycles. The number of benzene rings is 1. The van der Waals surface area contributed by atoms with Gasteiger partial charge in [-0.1, -0.05) is 64.1 Å². The van der Waals surface area contributed by atoms with Crippen molar-refractivity contribution in [3.05, 3.63) is 42.0 Å². The van der Waals surface area contributed by atoms with Crippen molar-refractivity contribution in [2.45, 2.75) is 70.5 Å². The Balaban J connectivity index is 2.37. The van der Waals surface area contributed by atoms with Gasteiger partial charge in [-0.15, -0.1) is 0 Å². The molecule has 0 aliphatic heterocycles. The van der Waals surface area contributed by atoms with Crippen LogP contribution in [0.2, 0.25) is 18.1 Å². The zero-order valence-corrected chi connectivity index (χ0v) is 18.4. The molecule has 1 N–H and O–H groups in total. The molecule has 1 aliphatic rings. The summed E-state index contributed by atoms with van der Waals surface area (Å²) in [5.41, 5.74) is 2.42. The number of hydrogen-bond acceptors (Lipinski definition) is 3. The number of aliphatic hydroxyl groups excluding tert-OH is 1. The van der Waals surface area contributed by atoms with E-state index in [2.05, 4.69) is 77.0 Å². The van der Waals surface area contributed by atoms with Gasteiger partial charge in [0.1, 0.15) is 0 Å². The molecule has 0 saturated carbocycles. The van der Waals surface area contributed by atoms with E-state index in [4.69, 9.17) is 4.43 Å². The van der Waals surface area contributed by atoms with Crippen LogP contribution in [0, 0.1) is 5.92 Å². The van der Waals surface area contributed by atoms with Crippen molar-refractivity contribution in [3.63, 3.8) is 0 Å². The normalized spacial score (nSPS) is 27.3. The fourth-order valence-electron chi connectivity index (χ4n) is 4.11. The van der Waals surface area contributed by atoms with Crippen molar-refractivity contribution in [3.8, 4) is 0 Å². The second-order valence-corrected chi connectivity index (χ2v) is 12.7. The van der Waals surface area contributed by atoms with Crippen LogP contribution in [0.15, 0.2) is 36.4 Å². The van der Waals surface area contributed by atoms with E-state index in [1.807, 2.05) is 6.07 Å². The van der Waals surface area contributed by atoms with Gasteiger partial charge < -0.3 is 14.4 Å². The molecule has 1 aromatic carbocycles. The van der Waals surface area contributed by atoms with Gasteiger partial charge in [-0.25, -0.2) is 0 Å². The van der Waals surface area contributed by atoms with Gasteiger partial charge in [-0.05, 0) is 49.8 Å². The summed E-state index contributed by atoms with van der Waals surface area (Å²) in [4.78, 5) is 2.27. The standard InChI is InChI=1S/C22H37NO2Si/c1-7-26(8-2,9-3)25-22-16-20(23(5)6)19(15-21(24)17(22)4)18-13-11-10-12-14-18/h10-15,17,20-22,24H,7-9,16H2,1-6H3/t17-,20+,21+,22-/m1/s1. The van der Waals surface area contributed by atoms with Crippen molar-refractivity contribution < 1.29 is 9.53 Å². The maximum atomic E-state index is 10.9. The van der Waals surface area contributed by atoms with Crippen LogP contribution in [0.3, 0.4) is 0 Å². The minimum absolute atomic E-state index is 0.0985. The highest BCUT2D eigenvalue weighted by Gasteiger charge is 2.39. The van der Waals surface area contributed by atoms with Gasteiger partial charge >= 0.3 is 0 Å². The van der Waals surface area contributed by atoms with Crippen LogP contribution in [0.25, 0.3) is 5.57 Å². The first kappa shape index (κ1) is 21.4. The highest BCUT2D eigenvalue weighted by atomic mass is 28.4. The predicted octanol–water partition coefficient (Wildman–Crippen LogP) is 4.79. The molecule has 0 heterocycles. The van der Waals surface area contributed by atoms with E-state index >= 15 is 0 Å². The Morgan fingerprint density at radius 1 is 1.08 bits per heavy atom. The van der Waals surface area contributed by atoms with Crippen LogP contribution in [0.4, 0.5) is 0 Å². The zero-order valence-electron chi connectivity index (χ0n) is 17.4. The van der Waals surface area contributed by atoms with Crippen LogP contribution in [0.1, 0.15) is 39.7 Å². The van der Waals surface area contributed by atoms with E-state index in [1.54, 1.807) is 0 Å². The van der Waals surface area contributed by atoms with E-state index in [9.17, 15) is 5.11 Å². The third-order valence-electron chi connectivity index (χ3n) is 6.35. The molecule has 0 bridgehead atoms. The third-order valence-corrected chi connectivity index (χ3v) is 11.0. The molecule has 2 rings (SSSR count). The van der Waals surface area contributed by atoms with Gasteiger partial charge in [-0.2, -0.15) is 0 Å². The average molecular weight is 376 g/mol. The van der Waals surface area contributed by atoms with Crippen molar-refractivity contribution in [2.24, 2.45) is 5.92 Å². The van der Waals surface area contributed by atoms with Crippen LogP contribution in [0.5, 0.6) is 0 Å².